The second-order valence-corrected chi connectivity index (χ2v) is 6.47. The van der Waals surface area contributed by atoms with Gasteiger partial charge in [0.2, 0.25) is 0 Å². The predicted molar refractivity (Wildman–Crippen MR) is 75.1 cm³/mol. The number of ketones is 1. The Morgan fingerprint density at radius 3 is 2.35 bits per heavy atom. The van der Waals surface area contributed by atoms with E-state index in [2.05, 4.69) is 13.5 Å². The Bertz CT molecular complexity index is 189. The van der Waals surface area contributed by atoms with Gasteiger partial charge in [0.1, 0.15) is 5.78 Å². The number of rotatable bonds is 11. The first-order valence-electron chi connectivity index (χ1n) is 5.59. The lowest BCUT2D eigenvalue weighted by Gasteiger charge is -2.03. The van der Waals surface area contributed by atoms with Crippen LogP contribution in [0.1, 0.15) is 33.1 Å². The minimum Gasteiger partial charge on any atom is -1.00 e. The third-order valence-electron chi connectivity index (χ3n) is 1.82. The molecule has 0 aliphatic carbocycles. The first-order chi connectivity index (χ1) is 7.63. The molecular formula is C12H22ClO2S2-. The van der Waals surface area contributed by atoms with Gasteiger partial charge in [-0.1, -0.05) is 27.2 Å². The molecule has 0 aromatic heterocycles. The molecule has 0 aliphatic rings. The summed E-state index contributed by atoms with van der Waals surface area (Å²) in [4.78, 5) is 10.6. The van der Waals surface area contributed by atoms with Crippen molar-refractivity contribution in [3.63, 3.8) is 0 Å². The number of ether oxygens (including phenoxy) is 1. The fourth-order valence-corrected chi connectivity index (χ4v) is 2.91. The second-order valence-electron chi connectivity index (χ2n) is 3.77. The highest BCUT2D eigenvalue weighted by molar-refractivity contribution is 8.76. The molecule has 0 aliphatic heterocycles. The van der Waals surface area contributed by atoms with Gasteiger partial charge in [0.25, 0.3) is 0 Å². The molecule has 0 fully saturated rings. The molecule has 0 bridgehead atoms. The van der Waals surface area contributed by atoms with E-state index in [9.17, 15) is 4.79 Å². The summed E-state index contributed by atoms with van der Waals surface area (Å²) in [6.45, 7) is 8.84. The van der Waals surface area contributed by atoms with Gasteiger partial charge in [-0.15, -0.1) is 6.58 Å². The Balaban J connectivity index is 0. The van der Waals surface area contributed by atoms with Crippen molar-refractivity contribution in [2.75, 3.05) is 24.7 Å². The summed E-state index contributed by atoms with van der Waals surface area (Å²) >= 11 is 0. The lowest BCUT2D eigenvalue weighted by molar-refractivity contribution is -0.118. The van der Waals surface area contributed by atoms with Gasteiger partial charge in [0, 0.05) is 17.9 Å². The summed E-state index contributed by atoms with van der Waals surface area (Å²) in [6.07, 6.45) is 2.87. The number of hydrogen-bond acceptors (Lipinski definition) is 4. The molecule has 2 nitrogen and oxygen atoms in total. The molecule has 102 valence electrons. The number of allylic oxidation sites excluding steroid dienone is 1. The Kier molecular flexibility index (Phi) is 16.7. The highest BCUT2D eigenvalue weighted by Gasteiger charge is 1.95. The van der Waals surface area contributed by atoms with E-state index in [0.717, 1.165) is 18.8 Å². The summed E-state index contributed by atoms with van der Waals surface area (Å²) in [5.74, 6) is 2.36. The molecule has 0 amide bonds. The van der Waals surface area contributed by atoms with Gasteiger partial charge in [-0.05, 0) is 26.7 Å². The SMILES string of the molecule is C=C(C)CCCSSCCOCCC(C)=O.[Cl-]. The summed E-state index contributed by atoms with van der Waals surface area (Å²) in [5.41, 5.74) is 1.26. The van der Waals surface area contributed by atoms with Gasteiger partial charge in [-0.3, -0.25) is 4.79 Å². The van der Waals surface area contributed by atoms with Crippen LogP contribution in [0.25, 0.3) is 0 Å². The monoisotopic (exact) mass is 297 g/mol. The summed E-state index contributed by atoms with van der Waals surface area (Å²) in [6, 6.07) is 0. The zero-order chi connectivity index (χ0) is 12.2. The van der Waals surface area contributed by atoms with E-state index in [1.54, 1.807) is 6.92 Å². The van der Waals surface area contributed by atoms with Crippen molar-refractivity contribution in [3.05, 3.63) is 12.2 Å². The van der Waals surface area contributed by atoms with Crippen molar-refractivity contribution in [2.45, 2.75) is 33.1 Å². The van der Waals surface area contributed by atoms with Gasteiger partial charge >= 0.3 is 0 Å². The van der Waals surface area contributed by atoms with Gasteiger partial charge in [-0.2, -0.15) is 0 Å². The van der Waals surface area contributed by atoms with Crippen molar-refractivity contribution in [2.24, 2.45) is 0 Å². The highest BCUT2D eigenvalue weighted by Crippen LogP contribution is 2.22. The quantitative estimate of drug-likeness (QED) is 0.319. The number of hydrogen-bond donors (Lipinski definition) is 0. The number of halogens is 1. The molecule has 5 heteroatoms. The number of Topliss-reactive ketones (excluding diaryl/α,β-unsaturated/α-hetero) is 1. The van der Waals surface area contributed by atoms with Crippen LogP contribution in [-0.4, -0.2) is 30.5 Å². The molecule has 17 heavy (non-hydrogen) atoms. The average Bonchev–Trinajstić information content (AvgIpc) is 2.20. The zero-order valence-electron chi connectivity index (χ0n) is 10.7. The molecule has 0 spiro atoms. The lowest BCUT2D eigenvalue weighted by Crippen LogP contribution is -3.00. The molecule has 0 heterocycles. The van der Waals surface area contributed by atoms with Crippen LogP contribution in [0.3, 0.4) is 0 Å². The van der Waals surface area contributed by atoms with E-state index in [4.69, 9.17) is 4.74 Å². The first-order valence-corrected chi connectivity index (χ1v) is 8.07. The van der Waals surface area contributed by atoms with E-state index in [1.807, 2.05) is 21.6 Å². The fraction of sp³-hybridized carbons (Fsp3) is 0.750. The van der Waals surface area contributed by atoms with E-state index < -0.39 is 0 Å². The van der Waals surface area contributed by atoms with E-state index in [-0.39, 0.29) is 18.2 Å². The molecule has 0 atom stereocenters. The van der Waals surface area contributed by atoms with Crippen LogP contribution in [0.2, 0.25) is 0 Å². The Hall–Kier alpha value is 0.360. The number of carbonyl (C=O) groups is 1. The Labute approximate surface area is 119 Å². The molecule has 0 radical (unpaired) electrons. The topological polar surface area (TPSA) is 26.3 Å². The smallest absolute Gasteiger partial charge is 0.132 e. The van der Waals surface area contributed by atoms with Crippen LogP contribution in [0.4, 0.5) is 0 Å². The first kappa shape index (κ1) is 19.7. The standard InChI is InChI=1S/C12H22O2S2.ClH/c1-11(2)5-4-9-15-16-10-8-14-7-6-12(3)13;/h1,4-10H2,2-3H3;1H/p-1. The molecule has 0 saturated heterocycles. The van der Waals surface area contributed by atoms with Gasteiger partial charge < -0.3 is 17.1 Å². The molecule has 0 saturated carbocycles. The molecule has 0 aromatic rings. The van der Waals surface area contributed by atoms with Crippen molar-refractivity contribution >= 4 is 27.4 Å². The maximum Gasteiger partial charge on any atom is 0.132 e. The van der Waals surface area contributed by atoms with Crippen molar-refractivity contribution in [1.82, 2.24) is 0 Å². The normalized spacial score (nSPS) is 9.76. The van der Waals surface area contributed by atoms with Crippen LogP contribution < -0.4 is 12.4 Å². The fourth-order valence-electron chi connectivity index (χ4n) is 0.962. The van der Waals surface area contributed by atoms with E-state index in [1.165, 1.54) is 17.7 Å². The minimum atomic E-state index is 0. The summed E-state index contributed by atoms with van der Waals surface area (Å²) < 4.78 is 5.32. The predicted octanol–water partition coefficient (Wildman–Crippen LogP) is 0.724. The Morgan fingerprint density at radius 2 is 1.76 bits per heavy atom. The molecule has 0 aromatic carbocycles. The highest BCUT2D eigenvalue weighted by atomic mass is 35.5. The van der Waals surface area contributed by atoms with Crippen molar-refractivity contribution < 1.29 is 21.9 Å². The van der Waals surface area contributed by atoms with Crippen LogP contribution in [-0.2, 0) is 9.53 Å². The van der Waals surface area contributed by atoms with Crippen LogP contribution >= 0.6 is 21.6 Å². The maximum absolute atomic E-state index is 10.6. The van der Waals surface area contributed by atoms with E-state index >= 15 is 0 Å². The van der Waals surface area contributed by atoms with Crippen LogP contribution in [0.15, 0.2) is 12.2 Å². The van der Waals surface area contributed by atoms with Crippen LogP contribution in [0, 0.1) is 0 Å². The second kappa shape index (κ2) is 14.4. The number of carbonyl (C=O) groups excluding carboxylic acids is 1. The molecular weight excluding hydrogens is 276 g/mol. The summed E-state index contributed by atoms with van der Waals surface area (Å²) in [7, 11) is 3.73. The molecule has 0 N–H and O–H groups in total. The zero-order valence-corrected chi connectivity index (χ0v) is 13.1. The van der Waals surface area contributed by atoms with Gasteiger partial charge in [0.15, 0.2) is 0 Å². The molecule has 0 rings (SSSR count). The average molecular weight is 298 g/mol. The minimum absolute atomic E-state index is 0. The van der Waals surface area contributed by atoms with Crippen molar-refractivity contribution in [1.29, 1.82) is 0 Å². The summed E-state index contributed by atoms with van der Waals surface area (Å²) in [5, 5.41) is 0. The van der Waals surface area contributed by atoms with Gasteiger partial charge in [-0.25, -0.2) is 0 Å². The van der Waals surface area contributed by atoms with Gasteiger partial charge in [0.05, 0.1) is 13.2 Å². The van der Waals surface area contributed by atoms with E-state index in [0.29, 0.717) is 13.0 Å². The lowest BCUT2D eigenvalue weighted by atomic mass is 10.2. The molecule has 0 unspecified atom stereocenters. The largest absolute Gasteiger partial charge is 1.00 e. The Morgan fingerprint density at radius 1 is 1.12 bits per heavy atom. The van der Waals surface area contributed by atoms with Crippen LogP contribution in [0.5, 0.6) is 0 Å². The third kappa shape index (κ3) is 18.9. The third-order valence-corrected chi connectivity index (χ3v) is 4.28. The van der Waals surface area contributed by atoms with Crippen molar-refractivity contribution in [3.8, 4) is 0 Å². The maximum atomic E-state index is 10.6.